The largest absolute Gasteiger partial charge is 0.418 e. The predicted molar refractivity (Wildman–Crippen MR) is 101 cm³/mol. The second-order valence-electron chi connectivity index (χ2n) is 6.61. The maximum atomic E-state index is 13.5. The van der Waals surface area contributed by atoms with Gasteiger partial charge in [-0.2, -0.15) is 13.2 Å². The van der Waals surface area contributed by atoms with Gasteiger partial charge in [0.05, 0.1) is 17.2 Å². The number of alkyl halides is 3. The number of hydrogen-bond donors (Lipinski definition) is 0. The van der Waals surface area contributed by atoms with Crippen LogP contribution in [0.25, 0.3) is 0 Å². The smallest absolute Gasteiger partial charge is 0.293 e. The summed E-state index contributed by atoms with van der Waals surface area (Å²) < 4.78 is 40.4. The van der Waals surface area contributed by atoms with E-state index in [0.717, 1.165) is 18.6 Å². The highest BCUT2D eigenvalue weighted by molar-refractivity contribution is 6.29. The summed E-state index contributed by atoms with van der Waals surface area (Å²) in [7, 11) is 0. The lowest BCUT2D eigenvalue weighted by molar-refractivity contribution is -0.137. The molecule has 1 unspecified atom stereocenters. The van der Waals surface area contributed by atoms with E-state index < -0.39 is 35.2 Å². The Morgan fingerprint density at radius 1 is 1.11 bits per heavy atom. The third-order valence-electron chi connectivity index (χ3n) is 4.75. The van der Waals surface area contributed by atoms with Crippen LogP contribution < -0.4 is 4.90 Å². The lowest BCUT2D eigenvalue weighted by Crippen LogP contribution is -2.46. The van der Waals surface area contributed by atoms with Crippen molar-refractivity contribution in [3.05, 3.63) is 65.2 Å². The molecular formula is C21H19F3N2O2. The van der Waals surface area contributed by atoms with E-state index >= 15 is 0 Å². The maximum Gasteiger partial charge on any atom is 0.418 e. The monoisotopic (exact) mass is 388 g/mol. The van der Waals surface area contributed by atoms with Crippen molar-refractivity contribution in [3.63, 3.8) is 0 Å². The van der Waals surface area contributed by atoms with Crippen molar-refractivity contribution in [3.8, 4) is 0 Å². The summed E-state index contributed by atoms with van der Waals surface area (Å²) in [5.41, 5.74) is -0.861. The molecule has 0 bridgehead atoms. The van der Waals surface area contributed by atoms with Gasteiger partial charge in [0.15, 0.2) is 0 Å². The van der Waals surface area contributed by atoms with Crippen molar-refractivity contribution in [1.29, 1.82) is 0 Å². The third-order valence-corrected chi connectivity index (χ3v) is 4.75. The van der Waals surface area contributed by atoms with Crippen LogP contribution in [0.5, 0.6) is 0 Å². The number of fused-ring (bicyclic) bond motifs is 1. The van der Waals surface area contributed by atoms with E-state index in [9.17, 15) is 22.8 Å². The fraction of sp³-hybridized carbons (Fsp3) is 0.286. The summed E-state index contributed by atoms with van der Waals surface area (Å²) in [5, 5.41) is 0. The van der Waals surface area contributed by atoms with E-state index in [1.807, 2.05) is 13.8 Å². The number of benzene rings is 2. The van der Waals surface area contributed by atoms with Gasteiger partial charge in [-0.15, -0.1) is 0 Å². The first kappa shape index (κ1) is 19.8. The van der Waals surface area contributed by atoms with Crippen molar-refractivity contribution < 1.29 is 22.8 Å². The van der Waals surface area contributed by atoms with Gasteiger partial charge >= 0.3 is 6.18 Å². The van der Waals surface area contributed by atoms with E-state index in [-0.39, 0.29) is 11.6 Å². The molecule has 28 heavy (non-hydrogen) atoms. The van der Waals surface area contributed by atoms with Crippen molar-refractivity contribution in [2.45, 2.75) is 38.4 Å². The van der Waals surface area contributed by atoms with Gasteiger partial charge in [0, 0.05) is 17.8 Å². The first-order valence-electron chi connectivity index (χ1n) is 8.92. The van der Waals surface area contributed by atoms with E-state index in [0.29, 0.717) is 10.5 Å². The van der Waals surface area contributed by atoms with E-state index in [1.165, 1.54) is 24.4 Å². The summed E-state index contributed by atoms with van der Waals surface area (Å²) in [5.74, 6) is -2.44. The molecule has 1 aliphatic heterocycles. The Morgan fingerprint density at radius 2 is 1.75 bits per heavy atom. The first-order valence-corrected chi connectivity index (χ1v) is 8.92. The van der Waals surface area contributed by atoms with Crippen LogP contribution in [0.4, 0.5) is 18.9 Å². The number of imide groups is 1. The fourth-order valence-electron chi connectivity index (χ4n) is 3.07. The molecule has 1 aliphatic rings. The SMILES string of the molecule is CC[C@@H](C)N=CC1C(=O)N(c2ccccc2C(F)(F)F)C(=O)c2ccccc21. The van der Waals surface area contributed by atoms with Gasteiger partial charge in [0.25, 0.3) is 5.91 Å². The van der Waals surface area contributed by atoms with Gasteiger partial charge < -0.3 is 0 Å². The number of rotatable bonds is 4. The molecule has 0 saturated heterocycles. The minimum Gasteiger partial charge on any atom is -0.293 e. The number of nitrogens with zero attached hydrogens (tertiary/aromatic N) is 2. The number of halogens is 3. The van der Waals surface area contributed by atoms with Crippen LogP contribution in [0.15, 0.2) is 53.5 Å². The molecule has 0 aliphatic carbocycles. The van der Waals surface area contributed by atoms with E-state index in [1.54, 1.807) is 18.2 Å². The standard InChI is InChI=1S/C21H19F3N2O2/c1-3-13(2)25-12-16-14-8-4-5-9-15(14)19(27)26(20(16)28)18-11-7-6-10-17(18)21(22,23)24/h4-13,16H,3H2,1-2H3/t13-,16?/m1/s1. The van der Waals surface area contributed by atoms with Gasteiger partial charge in [-0.1, -0.05) is 37.3 Å². The minimum atomic E-state index is -4.70. The zero-order valence-corrected chi connectivity index (χ0v) is 15.4. The van der Waals surface area contributed by atoms with Crippen LogP contribution in [0.3, 0.4) is 0 Å². The summed E-state index contributed by atoms with van der Waals surface area (Å²) in [6.45, 7) is 3.81. The number of hydrogen-bond acceptors (Lipinski definition) is 3. The van der Waals surface area contributed by atoms with E-state index in [2.05, 4.69) is 4.99 Å². The van der Waals surface area contributed by atoms with Gasteiger partial charge in [0.2, 0.25) is 5.91 Å². The Kier molecular flexibility index (Phi) is 5.36. The van der Waals surface area contributed by atoms with Gasteiger partial charge in [-0.25, -0.2) is 4.90 Å². The first-order chi connectivity index (χ1) is 13.3. The second kappa shape index (κ2) is 7.58. The Balaban J connectivity index is 2.16. The number of carbonyl (C=O) groups excluding carboxylic acids is 2. The van der Waals surface area contributed by atoms with Gasteiger partial charge in [-0.3, -0.25) is 14.6 Å². The molecule has 4 nitrogen and oxygen atoms in total. The van der Waals surface area contributed by atoms with Crippen LogP contribution >= 0.6 is 0 Å². The third kappa shape index (κ3) is 3.56. The predicted octanol–water partition coefficient (Wildman–Crippen LogP) is 4.85. The quantitative estimate of drug-likeness (QED) is 0.556. The summed E-state index contributed by atoms with van der Waals surface area (Å²) >= 11 is 0. The molecule has 0 N–H and O–H groups in total. The zero-order valence-electron chi connectivity index (χ0n) is 15.4. The summed E-state index contributed by atoms with van der Waals surface area (Å²) in [6, 6.07) is 11.0. The highest BCUT2D eigenvalue weighted by Gasteiger charge is 2.43. The molecule has 0 radical (unpaired) electrons. The Morgan fingerprint density at radius 3 is 2.43 bits per heavy atom. The number of carbonyl (C=O) groups is 2. The Labute approximate surface area is 160 Å². The minimum absolute atomic E-state index is 0.0477. The molecule has 7 heteroatoms. The van der Waals surface area contributed by atoms with E-state index in [4.69, 9.17) is 0 Å². The molecule has 0 spiro atoms. The number of para-hydroxylation sites is 1. The average molecular weight is 388 g/mol. The normalized spacial score (nSPS) is 18.5. The topological polar surface area (TPSA) is 49.7 Å². The van der Waals surface area contributed by atoms with Crippen molar-refractivity contribution in [1.82, 2.24) is 0 Å². The van der Waals surface area contributed by atoms with Crippen LogP contribution in [0.1, 0.15) is 47.7 Å². The summed E-state index contributed by atoms with van der Waals surface area (Å²) in [4.78, 5) is 31.0. The van der Waals surface area contributed by atoms with Gasteiger partial charge in [-0.05, 0) is 37.1 Å². The van der Waals surface area contributed by atoms with Crippen LogP contribution in [0, 0.1) is 0 Å². The molecule has 2 aromatic carbocycles. The molecule has 0 fully saturated rings. The fourth-order valence-corrected chi connectivity index (χ4v) is 3.07. The van der Waals surface area contributed by atoms with Crippen molar-refractivity contribution in [2.75, 3.05) is 4.90 Å². The highest BCUT2D eigenvalue weighted by atomic mass is 19.4. The summed E-state index contributed by atoms with van der Waals surface area (Å²) in [6.07, 6.45) is -2.52. The van der Waals surface area contributed by atoms with Crippen LogP contribution in [0.2, 0.25) is 0 Å². The molecule has 0 saturated carbocycles. The average Bonchev–Trinajstić information content (AvgIpc) is 2.67. The molecule has 2 atom stereocenters. The molecular weight excluding hydrogens is 369 g/mol. The van der Waals surface area contributed by atoms with Crippen LogP contribution in [-0.4, -0.2) is 24.1 Å². The number of aliphatic imine (C=N–C) groups is 1. The zero-order chi connectivity index (χ0) is 20.5. The molecule has 2 amide bonds. The lowest BCUT2D eigenvalue weighted by Gasteiger charge is -2.32. The highest BCUT2D eigenvalue weighted by Crippen LogP contribution is 2.40. The Bertz CT molecular complexity index is 937. The molecule has 3 rings (SSSR count). The second-order valence-corrected chi connectivity index (χ2v) is 6.61. The molecule has 146 valence electrons. The molecule has 2 aromatic rings. The Hall–Kier alpha value is -2.96. The number of amides is 2. The molecule has 0 aromatic heterocycles. The van der Waals surface area contributed by atoms with Gasteiger partial charge in [0.1, 0.15) is 0 Å². The molecule has 1 heterocycles. The van der Waals surface area contributed by atoms with Crippen molar-refractivity contribution in [2.24, 2.45) is 4.99 Å². The van der Waals surface area contributed by atoms with Crippen LogP contribution in [-0.2, 0) is 11.0 Å². The lowest BCUT2D eigenvalue weighted by atomic mass is 9.88. The van der Waals surface area contributed by atoms with Crippen molar-refractivity contribution >= 4 is 23.7 Å². The number of anilines is 1. The maximum absolute atomic E-state index is 13.5.